The van der Waals surface area contributed by atoms with Gasteiger partial charge in [-0.05, 0) is 26.2 Å². The molecule has 0 amide bonds. The maximum absolute atomic E-state index is 9.65. The fraction of sp³-hybridized carbons (Fsp3) is 0.643. The van der Waals surface area contributed by atoms with Gasteiger partial charge in [-0.25, -0.2) is 15.0 Å². The Labute approximate surface area is 123 Å². The maximum atomic E-state index is 9.65. The molecule has 0 aliphatic carbocycles. The SMILES string of the molecule is Cc1nc(N(C)C)c2nc(CO)n(C3CCCCO3)c2n1. The van der Waals surface area contributed by atoms with Gasteiger partial charge in [-0.15, -0.1) is 0 Å². The van der Waals surface area contributed by atoms with Crippen LogP contribution in [0.3, 0.4) is 0 Å². The van der Waals surface area contributed by atoms with Crippen molar-refractivity contribution >= 4 is 17.0 Å². The molecule has 1 aliphatic rings. The van der Waals surface area contributed by atoms with Crippen LogP contribution in [0.5, 0.6) is 0 Å². The minimum Gasteiger partial charge on any atom is -0.388 e. The third-order valence-corrected chi connectivity index (χ3v) is 3.71. The number of hydrogen-bond donors (Lipinski definition) is 1. The molecule has 0 aromatic carbocycles. The van der Waals surface area contributed by atoms with E-state index in [9.17, 15) is 5.11 Å². The zero-order valence-electron chi connectivity index (χ0n) is 12.7. The Morgan fingerprint density at radius 2 is 2.10 bits per heavy atom. The number of nitrogens with zero attached hydrogens (tertiary/aromatic N) is 5. The van der Waals surface area contributed by atoms with E-state index in [1.165, 1.54) is 0 Å². The highest BCUT2D eigenvalue weighted by Gasteiger charge is 2.25. The van der Waals surface area contributed by atoms with Crippen molar-refractivity contribution in [2.24, 2.45) is 0 Å². The van der Waals surface area contributed by atoms with Gasteiger partial charge in [-0.1, -0.05) is 0 Å². The molecule has 2 aromatic rings. The number of aryl methyl sites for hydroxylation is 1. The number of aromatic nitrogens is 4. The molecule has 0 radical (unpaired) electrons. The number of aliphatic hydroxyl groups is 1. The molecule has 3 rings (SSSR count). The molecule has 3 heterocycles. The molecule has 1 aliphatic heterocycles. The third-order valence-electron chi connectivity index (χ3n) is 3.71. The van der Waals surface area contributed by atoms with Gasteiger partial charge in [-0.3, -0.25) is 4.57 Å². The van der Waals surface area contributed by atoms with Gasteiger partial charge < -0.3 is 14.7 Å². The van der Waals surface area contributed by atoms with Gasteiger partial charge in [0.25, 0.3) is 0 Å². The summed E-state index contributed by atoms with van der Waals surface area (Å²) >= 11 is 0. The number of anilines is 1. The maximum Gasteiger partial charge on any atom is 0.168 e. The second-order valence-electron chi connectivity index (χ2n) is 5.54. The van der Waals surface area contributed by atoms with Crippen LogP contribution in [0.25, 0.3) is 11.2 Å². The van der Waals surface area contributed by atoms with Gasteiger partial charge in [-0.2, -0.15) is 0 Å². The van der Waals surface area contributed by atoms with Crippen LogP contribution < -0.4 is 4.90 Å². The van der Waals surface area contributed by atoms with E-state index in [0.29, 0.717) is 17.2 Å². The van der Waals surface area contributed by atoms with Crippen LogP contribution in [-0.4, -0.2) is 45.3 Å². The molecule has 2 aromatic heterocycles. The minimum absolute atomic E-state index is 0.102. The molecule has 0 saturated carbocycles. The summed E-state index contributed by atoms with van der Waals surface area (Å²) in [4.78, 5) is 15.4. The second kappa shape index (κ2) is 5.57. The van der Waals surface area contributed by atoms with Crippen molar-refractivity contribution in [3.8, 4) is 0 Å². The van der Waals surface area contributed by atoms with E-state index >= 15 is 0 Å². The Morgan fingerprint density at radius 3 is 2.71 bits per heavy atom. The van der Waals surface area contributed by atoms with E-state index in [2.05, 4.69) is 15.0 Å². The third kappa shape index (κ3) is 2.47. The molecule has 0 spiro atoms. The molecular formula is C14H21N5O2. The summed E-state index contributed by atoms with van der Waals surface area (Å²) in [5, 5.41) is 9.65. The predicted molar refractivity (Wildman–Crippen MR) is 79.1 cm³/mol. The monoisotopic (exact) mass is 291 g/mol. The van der Waals surface area contributed by atoms with Gasteiger partial charge in [0.1, 0.15) is 24.5 Å². The van der Waals surface area contributed by atoms with E-state index in [1.54, 1.807) is 0 Å². The fourth-order valence-corrected chi connectivity index (χ4v) is 2.76. The van der Waals surface area contributed by atoms with Crippen LogP contribution in [-0.2, 0) is 11.3 Å². The van der Waals surface area contributed by atoms with E-state index in [-0.39, 0.29) is 12.8 Å². The Bertz CT molecular complexity index is 646. The number of rotatable bonds is 3. The summed E-state index contributed by atoms with van der Waals surface area (Å²) in [6.07, 6.45) is 3.00. The Morgan fingerprint density at radius 1 is 1.29 bits per heavy atom. The molecule has 1 fully saturated rings. The van der Waals surface area contributed by atoms with Gasteiger partial charge in [0.2, 0.25) is 0 Å². The van der Waals surface area contributed by atoms with Crippen molar-refractivity contribution in [2.45, 2.75) is 39.0 Å². The van der Waals surface area contributed by atoms with Gasteiger partial charge >= 0.3 is 0 Å². The molecule has 1 atom stereocenters. The number of ether oxygens (including phenoxy) is 1. The zero-order chi connectivity index (χ0) is 15.0. The first-order chi connectivity index (χ1) is 10.1. The molecule has 1 saturated heterocycles. The van der Waals surface area contributed by atoms with Crippen molar-refractivity contribution in [1.82, 2.24) is 19.5 Å². The molecular weight excluding hydrogens is 270 g/mol. The Balaban J connectivity index is 2.21. The summed E-state index contributed by atoms with van der Waals surface area (Å²) in [7, 11) is 3.85. The van der Waals surface area contributed by atoms with Crippen molar-refractivity contribution in [3.05, 3.63) is 11.6 Å². The molecule has 114 valence electrons. The lowest BCUT2D eigenvalue weighted by Gasteiger charge is -2.25. The molecule has 1 N–H and O–H groups in total. The quantitative estimate of drug-likeness (QED) is 0.921. The summed E-state index contributed by atoms with van der Waals surface area (Å²) in [6, 6.07) is 0. The largest absolute Gasteiger partial charge is 0.388 e. The molecule has 1 unspecified atom stereocenters. The van der Waals surface area contributed by atoms with Crippen LogP contribution in [0.2, 0.25) is 0 Å². The first-order valence-corrected chi connectivity index (χ1v) is 7.27. The number of fused-ring (bicyclic) bond motifs is 1. The fourth-order valence-electron chi connectivity index (χ4n) is 2.76. The van der Waals surface area contributed by atoms with E-state index in [1.807, 2.05) is 30.5 Å². The number of hydrogen-bond acceptors (Lipinski definition) is 6. The van der Waals surface area contributed by atoms with E-state index < -0.39 is 0 Å². The predicted octanol–water partition coefficient (Wildman–Crippen LogP) is 1.39. The van der Waals surface area contributed by atoms with E-state index in [4.69, 9.17) is 4.74 Å². The first-order valence-electron chi connectivity index (χ1n) is 7.27. The lowest BCUT2D eigenvalue weighted by Crippen LogP contribution is -2.20. The van der Waals surface area contributed by atoms with Crippen molar-refractivity contribution in [2.75, 3.05) is 25.6 Å². The van der Waals surface area contributed by atoms with Crippen LogP contribution in [0, 0.1) is 6.92 Å². The highest BCUT2D eigenvalue weighted by molar-refractivity contribution is 5.84. The lowest BCUT2D eigenvalue weighted by atomic mass is 10.2. The lowest BCUT2D eigenvalue weighted by molar-refractivity contribution is -0.0329. The minimum atomic E-state index is -0.137. The highest BCUT2D eigenvalue weighted by Crippen LogP contribution is 2.30. The molecule has 7 heteroatoms. The van der Waals surface area contributed by atoms with Crippen LogP contribution in [0.1, 0.15) is 37.1 Å². The molecule has 21 heavy (non-hydrogen) atoms. The molecule has 7 nitrogen and oxygen atoms in total. The summed E-state index contributed by atoms with van der Waals surface area (Å²) < 4.78 is 7.78. The summed E-state index contributed by atoms with van der Waals surface area (Å²) in [5.41, 5.74) is 1.45. The van der Waals surface area contributed by atoms with Crippen molar-refractivity contribution in [3.63, 3.8) is 0 Å². The normalized spacial score (nSPS) is 19.1. The van der Waals surface area contributed by atoms with E-state index in [0.717, 1.165) is 37.3 Å². The Hall–Kier alpha value is -1.73. The first kappa shape index (κ1) is 14.2. The summed E-state index contributed by atoms with van der Waals surface area (Å²) in [6.45, 7) is 2.46. The number of aliphatic hydroxyl groups excluding tert-OH is 1. The zero-order valence-corrected chi connectivity index (χ0v) is 12.7. The standard InChI is InChI=1S/C14H21N5O2/c1-9-15-13(18(2)3)12-14(16-9)19(10(8-20)17-12)11-6-4-5-7-21-11/h11,20H,4-8H2,1-3H3. The Kier molecular flexibility index (Phi) is 3.77. The van der Waals surface area contributed by atoms with Crippen LogP contribution in [0.4, 0.5) is 5.82 Å². The smallest absolute Gasteiger partial charge is 0.168 e. The van der Waals surface area contributed by atoms with Crippen LogP contribution in [0.15, 0.2) is 0 Å². The average Bonchev–Trinajstić information content (AvgIpc) is 2.85. The number of imidazole rings is 1. The van der Waals surface area contributed by atoms with Gasteiger partial charge in [0, 0.05) is 20.7 Å². The van der Waals surface area contributed by atoms with Crippen molar-refractivity contribution < 1.29 is 9.84 Å². The van der Waals surface area contributed by atoms with Gasteiger partial charge in [0.15, 0.2) is 17.0 Å². The van der Waals surface area contributed by atoms with Crippen LogP contribution >= 0.6 is 0 Å². The highest BCUT2D eigenvalue weighted by atomic mass is 16.5. The summed E-state index contributed by atoms with van der Waals surface area (Å²) in [5.74, 6) is 2.04. The topological polar surface area (TPSA) is 76.3 Å². The molecule has 0 bridgehead atoms. The van der Waals surface area contributed by atoms with Crippen molar-refractivity contribution in [1.29, 1.82) is 0 Å². The second-order valence-corrected chi connectivity index (χ2v) is 5.54. The van der Waals surface area contributed by atoms with Gasteiger partial charge in [0.05, 0.1) is 0 Å². The average molecular weight is 291 g/mol.